The minimum Gasteiger partial charge on any atom is -0.379 e. The number of alkyl halides is 1. The van der Waals surface area contributed by atoms with E-state index in [0.29, 0.717) is 5.88 Å². The first-order valence-electron chi connectivity index (χ1n) is 18.8. The van der Waals surface area contributed by atoms with E-state index >= 15 is 0 Å². The van der Waals surface area contributed by atoms with Gasteiger partial charge in [-0.05, 0) is 67.8 Å². The molecule has 0 saturated carbocycles. The monoisotopic (exact) mass is 884 g/mol. The van der Waals surface area contributed by atoms with Crippen LogP contribution in [-0.2, 0) is 17.8 Å². The van der Waals surface area contributed by atoms with Gasteiger partial charge in [-0.15, -0.1) is 11.6 Å². The van der Waals surface area contributed by atoms with Crippen molar-refractivity contribution in [3.63, 3.8) is 0 Å². The number of fused-ring (bicyclic) bond motifs is 9. The first-order valence-corrected chi connectivity index (χ1v) is 21.3. The molecule has 0 unspecified atom stereocenters. The number of aromatic nitrogens is 4. The molecule has 276 valence electrons. The number of halogens is 4. The first-order chi connectivity index (χ1) is 26.5. The normalized spacial score (nSPS) is 15.1. The minimum atomic E-state index is 0.623. The lowest BCUT2D eigenvalue weighted by molar-refractivity contribution is 0.0376. The van der Waals surface area contributed by atoms with Crippen LogP contribution in [0.1, 0.15) is 19.3 Å². The van der Waals surface area contributed by atoms with Gasteiger partial charge >= 0.3 is 0 Å². The number of ether oxygens (including phenoxy) is 1. The molecular formula is C43H40Br2Cl2N6O. The predicted molar refractivity (Wildman–Crippen MR) is 234 cm³/mol. The number of hydrogen-bond donors (Lipinski definition) is 0. The highest BCUT2D eigenvalue weighted by molar-refractivity contribution is 9.10. The molecule has 2 aliphatic rings. The van der Waals surface area contributed by atoms with E-state index < -0.39 is 0 Å². The predicted octanol–water partition coefficient (Wildman–Crippen LogP) is 11.4. The van der Waals surface area contributed by atoms with Crippen LogP contribution in [0.4, 0.5) is 5.69 Å². The molecule has 54 heavy (non-hydrogen) atoms. The van der Waals surface area contributed by atoms with Gasteiger partial charge < -0.3 is 18.8 Å². The van der Waals surface area contributed by atoms with Crippen LogP contribution in [0.5, 0.6) is 0 Å². The van der Waals surface area contributed by atoms with Gasteiger partial charge in [-0.3, -0.25) is 4.90 Å². The van der Waals surface area contributed by atoms with Gasteiger partial charge in [0.1, 0.15) is 0 Å². The molecule has 0 aliphatic carbocycles. The van der Waals surface area contributed by atoms with Crippen molar-refractivity contribution < 1.29 is 4.74 Å². The summed E-state index contributed by atoms with van der Waals surface area (Å²) in [6.07, 6.45) is 3.21. The van der Waals surface area contributed by atoms with Crippen LogP contribution >= 0.6 is 55.1 Å². The van der Waals surface area contributed by atoms with E-state index in [1.807, 2.05) is 30.3 Å². The van der Waals surface area contributed by atoms with Crippen LogP contribution < -0.4 is 4.90 Å². The van der Waals surface area contributed by atoms with Crippen molar-refractivity contribution in [1.82, 2.24) is 24.0 Å². The summed E-state index contributed by atoms with van der Waals surface area (Å²) in [6, 6.07) is 29.5. The highest BCUT2D eigenvalue weighted by Crippen LogP contribution is 2.42. The molecule has 2 aliphatic heterocycles. The summed E-state index contributed by atoms with van der Waals surface area (Å²) in [6.45, 7) is 9.01. The number of hydrogen-bond acceptors (Lipinski definition) is 5. The SMILES string of the molecule is Brc1ccc2nc3c4ccccc4n4c3c(c2c1)N(CCCN1CCOCC1)CCC4.ClCCCn1c2ccccc2c2nc3ccc(Br)cc3c(Cl)c21. The lowest BCUT2D eigenvalue weighted by Gasteiger charge is -2.29. The van der Waals surface area contributed by atoms with Crippen LogP contribution in [-0.4, -0.2) is 75.8 Å². The van der Waals surface area contributed by atoms with Crippen molar-refractivity contribution in [1.29, 1.82) is 0 Å². The molecule has 8 aromatic rings. The summed E-state index contributed by atoms with van der Waals surface area (Å²) in [5.41, 5.74) is 10.2. The Morgan fingerprint density at radius 1 is 0.648 bits per heavy atom. The maximum absolute atomic E-state index is 6.79. The van der Waals surface area contributed by atoms with Gasteiger partial charge in [0.05, 0.1) is 68.1 Å². The Balaban J connectivity index is 0.000000149. The number of aryl methyl sites for hydroxylation is 2. The fourth-order valence-corrected chi connectivity index (χ4v) is 9.58. The van der Waals surface area contributed by atoms with E-state index in [4.69, 9.17) is 37.9 Å². The summed E-state index contributed by atoms with van der Waals surface area (Å²) >= 11 is 19.9. The molecule has 1 fully saturated rings. The molecule has 0 amide bonds. The van der Waals surface area contributed by atoms with Gasteiger partial charge in [0.15, 0.2) is 0 Å². The molecule has 0 bridgehead atoms. The largest absolute Gasteiger partial charge is 0.379 e. The van der Waals surface area contributed by atoms with E-state index in [1.165, 1.54) is 33.9 Å². The zero-order valence-electron chi connectivity index (χ0n) is 29.9. The molecule has 4 aromatic heterocycles. The molecule has 11 heteroatoms. The summed E-state index contributed by atoms with van der Waals surface area (Å²) in [5, 5.41) is 5.35. The molecule has 10 rings (SSSR count). The molecule has 4 aromatic carbocycles. The molecule has 0 N–H and O–H groups in total. The van der Waals surface area contributed by atoms with Crippen molar-refractivity contribution in [2.45, 2.75) is 32.4 Å². The molecule has 0 atom stereocenters. The lowest BCUT2D eigenvalue weighted by Crippen LogP contribution is -2.38. The van der Waals surface area contributed by atoms with Crippen molar-refractivity contribution in [3.8, 4) is 0 Å². The highest BCUT2D eigenvalue weighted by Gasteiger charge is 2.25. The summed E-state index contributed by atoms with van der Waals surface area (Å²) in [5.74, 6) is 0.623. The Hall–Kier alpha value is -3.44. The van der Waals surface area contributed by atoms with Crippen LogP contribution in [0.2, 0.25) is 5.02 Å². The Morgan fingerprint density at radius 3 is 2.04 bits per heavy atom. The summed E-state index contributed by atoms with van der Waals surface area (Å²) < 4.78 is 12.4. The molecular weight excluding hydrogens is 847 g/mol. The van der Waals surface area contributed by atoms with E-state index in [1.54, 1.807) is 0 Å². The lowest BCUT2D eigenvalue weighted by atomic mass is 10.1. The Labute approximate surface area is 341 Å². The summed E-state index contributed by atoms with van der Waals surface area (Å²) in [4.78, 5) is 15.2. The number of nitrogens with zero attached hydrogens (tertiary/aromatic N) is 6. The Kier molecular flexibility index (Phi) is 10.5. The second-order valence-corrected chi connectivity index (χ2v) is 16.7. The van der Waals surface area contributed by atoms with Crippen molar-refractivity contribution in [2.24, 2.45) is 0 Å². The van der Waals surface area contributed by atoms with E-state index in [2.05, 4.69) is 105 Å². The number of para-hydroxylation sites is 2. The third kappa shape index (κ3) is 6.65. The molecule has 6 heterocycles. The molecule has 0 radical (unpaired) electrons. The molecule has 0 spiro atoms. The number of pyridine rings is 2. The van der Waals surface area contributed by atoms with E-state index in [-0.39, 0.29) is 0 Å². The number of benzene rings is 4. The van der Waals surface area contributed by atoms with Crippen LogP contribution in [0, 0.1) is 0 Å². The standard InChI is InChI=1S/C25H27BrN4O.C18H13BrCl2N2/c26-18-7-8-21-20(17-18)24-25-23(27-21)19-5-1-2-6-22(19)30(25)12-4-11-29(24)10-3-9-28-13-15-31-16-14-28;19-11-6-7-14-13(10-11)16(21)18-17(22-14)12-4-1-2-5-15(12)23(18)9-3-8-20/h1-2,5-8,17H,3-4,9-16H2;1-2,4-7,10H,3,8-9H2. The maximum atomic E-state index is 6.79. The fourth-order valence-electron chi connectivity index (χ4n) is 8.40. The van der Waals surface area contributed by atoms with Gasteiger partial charge in [0.25, 0.3) is 0 Å². The maximum Gasteiger partial charge on any atom is 0.0988 e. The number of morpholine rings is 1. The smallest absolute Gasteiger partial charge is 0.0988 e. The third-order valence-electron chi connectivity index (χ3n) is 10.8. The van der Waals surface area contributed by atoms with Crippen molar-refractivity contribution in [2.75, 3.05) is 56.7 Å². The quantitative estimate of drug-likeness (QED) is 0.149. The number of anilines is 1. The van der Waals surface area contributed by atoms with Gasteiger partial charge in [-0.2, -0.15) is 0 Å². The topological polar surface area (TPSA) is 51.4 Å². The Bertz CT molecular complexity index is 2670. The fraction of sp³-hybridized carbons (Fsp3) is 0.302. The average molecular weight is 888 g/mol. The molecule has 7 nitrogen and oxygen atoms in total. The van der Waals surface area contributed by atoms with Crippen LogP contribution in [0.25, 0.3) is 65.7 Å². The van der Waals surface area contributed by atoms with Crippen molar-refractivity contribution >= 4 is 126 Å². The molecule has 1 saturated heterocycles. The third-order valence-corrected chi connectivity index (χ3v) is 12.5. The second-order valence-electron chi connectivity index (χ2n) is 14.1. The average Bonchev–Trinajstić information content (AvgIpc) is 3.60. The van der Waals surface area contributed by atoms with Crippen LogP contribution in [0.3, 0.4) is 0 Å². The van der Waals surface area contributed by atoms with Crippen molar-refractivity contribution in [3.05, 3.63) is 98.9 Å². The second kappa shape index (κ2) is 15.6. The van der Waals surface area contributed by atoms with Gasteiger partial charge in [0.2, 0.25) is 0 Å². The van der Waals surface area contributed by atoms with Gasteiger partial charge in [0, 0.05) is 82.2 Å². The van der Waals surface area contributed by atoms with Gasteiger partial charge in [-0.25, -0.2) is 9.97 Å². The zero-order chi connectivity index (χ0) is 36.8. The van der Waals surface area contributed by atoms with Crippen LogP contribution in [0.15, 0.2) is 93.9 Å². The Morgan fingerprint density at radius 2 is 1.30 bits per heavy atom. The minimum absolute atomic E-state index is 0.623. The number of rotatable bonds is 7. The van der Waals surface area contributed by atoms with E-state index in [0.717, 1.165) is 130 Å². The summed E-state index contributed by atoms with van der Waals surface area (Å²) in [7, 11) is 0. The highest BCUT2D eigenvalue weighted by atomic mass is 79.9. The van der Waals surface area contributed by atoms with E-state index in [9.17, 15) is 0 Å². The first kappa shape index (κ1) is 36.2. The van der Waals surface area contributed by atoms with Gasteiger partial charge in [-0.1, -0.05) is 79.9 Å². The zero-order valence-corrected chi connectivity index (χ0v) is 34.6.